The molecule has 0 atom stereocenters. The van der Waals surface area contributed by atoms with E-state index in [-0.39, 0.29) is 17.3 Å². The molecular formula is C21H15FO2. The van der Waals surface area contributed by atoms with E-state index in [9.17, 15) is 14.3 Å². The molecule has 0 aliphatic rings. The van der Waals surface area contributed by atoms with E-state index in [0.29, 0.717) is 5.56 Å². The number of aromatic hydroxyl groups is 1. The van der Waals surface area contributed by atoms with Crippen molar-refractivity contribution >= 4 is 11.9 Å². The van der Waals surface area contributed by atoms with E-state index in [1.807, 2.05) is 24.3 Å². The number of carbonyl (C=O) groups excluding carboxylic acids is 1. The average Bonchev–Trinajstić information content (AvgIpc) is 2.61. The number of benzene rings is 3. The Kier molecular flexibility index (Phi) is 4.52. The predicted octanol–water partition coefficient (Wildman–Crippen LogP) is 5.09. The van der Waals surface area contributed by atoms with E-state index in [2.05, 4.69) is 0 Å². The summed E-state index contributed by atoms with van der Waals surface area (Å²) in [4.78, 5) is 12.2. The highest BCUT2D eigenvalue weighted by Crippen LogP contribution is 2.25. The molecule has 0 saturated carbocycles. The monoisotopic (exact) mass is 318 g/mol. The van der Waals surface area contributed by atoms with Crippen LogP contribution in [0.5, 0.6) is 5.75 Å². The second-order valence-electron chi connectivity index (χ2n) is 5.34. The molecule has 2 nitrogen and oxygen atoms in total. The van der Waals surface area contributed by atoms with Crippen molar-refractivity contribution in [1.82, 2.24) is 0 Å². The first-order chi connectivity index (χ1) is 11.6. The molecule has 0 fully saturated rings. The number of phenols is 1. The first-order valence-corrected chi connectivity index (χ1v) is 7.50. The molecular weight excluding hydrogens is 303 g/mol. The van der Waals surface area contributed by atoms with Crippen LogP contribution in [0.25, 0.3) is 17.2 Å². The fourth-order valence-electron chi connectivity index (χ4n) is 2.46. The van der Waals surface area contributed by atoms with E-state index in [0.717, 1.165) is 16.7 Å². The number of rotatable bonds is 4. The van der Waals surface area contributed by atoms with Gasteiger partial charge in [0.2, 0.25) is 0 Å². The SMILES string of the molecule is O=C(/C=C/c1ccccc1-c1ccc(F)cc1)c1cccc(O)c1. The number of halogens is 1. The molecule has 0 saturated heterocycles. The highest BCUT2D eigenvalue weighted by Gasteiger charge is 2.05. The maximum absolute atomic E-state index is 13.1. The highest BCUT2D eigenvalue weighted by molar-refractivity contribution is 6.07. The van der Waals surface area contributed by atoms with Crippen LogP contribution in [0.15, 0.2) is 78.9 Å². The lowest BCUT2D eigenvalue weighted by Gasteiger charge is -2.06. The predicted molar refractivity (Wildman–Crippen MR) is 93.3 cm³/mol. The summed E-state index contributed by atoms with van der Waals surface area (Å²) < 4.78 is 13.1. The Hall–Kier alpha value is -3.20. The van der Waals surface area contributed by atoms with Gasteiger partial charge in [0.25, 0.3) is 0 Å². The molecule has 0 unspecified atom stereocenters. The summed E-state index contributed by atoms with van der Waals surface area (Å²) in [5.74, 6) is -0.424. The van der Waals surface area contributed by atoms with Crippen molar-refractivity contribution in [1.29, 1.82) is 0 Å². The third-order valence-corrected chi connectivity index (χ3v) is 3.66. The number of ketones is 1. The number of carbonyl (C=O) groups is 1. The van der Waals surface area contributed by atoms with E-state index in [4.69, 9.17) is 0 Å². The van der Waals surface area contributed by atoms with Crippen LogP contribution in [0.1, 0.15) is 15.9 Å². The summed E-state index contributed by atoms with van der Waals surface area (Å²) in [6.07, 6.45) is 3.20. The van der Waals surface area contributed by atoms with Gasteiger partial charge >= 0.3 is 0 Å². The van der Waals surface area contributed by atoms with E-state index in [1.54, 1.807) is 30.3 Å². The summed E-state index contributed by atoms with van der Waals surface area (Å²) in [5.41, 5.74) is 3.07. The summed E-state index contributed by atoms with van der Waals surface area (Å²) in [6, 6.07) is 20.1. The number of phenolic OH excluding ortho intramolecular Hbond substituents is 1. The van der Waals surface area contributed by atoms with E-state index < -0.39 is 0 Å². The van der Waals surface area contributed by atoms with E-state index >= 15 is 0 Å². The first kappa shape index (κ1) is 15.7. The van der Waals surface area contributed by atoms with Crippen molar-refractivity contribution in [2.75, 3.05) is 0 Å². The van der Waals surface area contributed by atoms with Gasteiger partial charge in [0.1, 0.15) is 11.6 Å². The Balaban J connectivity index is 1.90. The average molecular weight is 318 g/mol. The van der Waals surface area contributed by atoms with Crippen molar-refractivity contribution in [3.63, 3.8) is 0 Å². The molecule has 0 bridgehead atoms. The minimum atomic E-state index is -0.286. The first-order valence-electron chi connectivity index (χ1n) is 7.50. The van der Waals surface area contributed by atoms with Crippen LogP contribution >= 0.6 is 0 Å². The number of hydrogen-bond donors (Lipinski definition) is 1. The molecule has 3 aromatic carbocycles. The van der Waals surface area contributed by atoms with Crippen LogP contribution in [-0.2, 0) is 0 Å². The van der Waals surface area contributed by atoms with Crippen molar-refractivity contribution in [2.24, 2.45) is 0 Å². The highest BCUT2D eigenvalue weighted by atomic mass is 19.1. The van der Waals surface area contributed by atoms with Crippen LogP contribution in [0, 0.1) is 5.82 Å². The molecule has 0 aromatic heterocycles. The molecule has 3 rings (SSSR count). The van der Waals surface area contributed by atoms with Gasteiger partial charge < -0.3 is 5.11 Å². The molecule has 3 heteroatoms. The Labute approximate surface area is 139 Å². The van der Waals surface area contributed by atoms with Crippen LogP contribution in [-0.4, -0.2) is 10.9 Å². The summed E-state index contributed by atoms with van der Waals surface area (Å²) in [7, 11) is 0. The molecule has 24 heavy (non-hydrogen) atoms. The number of hydrogen-bond acceptors (Lipinski definition) is 2. The van der Waals surface area contributed by atoms with Crippen LogP contribution in [0.2, 0.25) is 0 Å². The Morgan fingerprint density at radius 3 is 2.42 bits per heavy atom. The standard InChI is InChI=1S/C21H15FO2/c22-18-11-8-16(9-12-18)20-7-2-1-4-15(20)10-13-21(24)17-5-3-6-19(23)14-17/h1-14,23H/b13-10+. The molecule has 0 aliphatic carbocycles. The maximum Gasteiger partial charge on any atom is 0.185 e. The van der Waals surface area contributed by atoms with Crippen molar-refractivity contribution in [2.45, 2.75) is 0 Å². The van der Waals surface area contributed by atoms with Gasteiger partial charge in [-0.1, -0.05) is 54.6 Å². The molecule has 118 valence electrons. The lowest BCUT2D eigenvalue weighted by molar-refractivity contribution is 0.104. The summed E-state index contributed by atoms with van der Waals surface area (Å²) in [5, 5.41) is 9.46. The molecule has 0 aliphatic heterocycles. The fourth-order valence-corrected chi connectivity index (χ4v) is 2.46. The molecule has 0 heterocycles. The minimum absolute atomic E-state index is 0.0564. The van der Waals surface area contributed by atoms with Gasteiger partial charge in [0.05, 0.1) is 0 Å². The zero-order valence-corrected chi connectivity index (χ0v) is 12.8. The zero-order chi connectivity index (χ0) is 16.9. The lowest BCUT2D eigenvalue weighted by atomic mass is 9.98. The molecule has 3 aromatic rings. The molecule has 0 radical (unpaired) electrons. The second-order valence-corrected chi connectivity index (χ2v) is 5.34. The maximum atomic E-state index is 13.1. The van der Waals surface area contributed by atoms with Crippen molar-refractivity contribution < 1.29 is 14.3 Å². The Morgan fingerprint density at radius 2 is 1.67 bits per heavy atom. The van der Waals surface area contributed by atoms with Gasteiger partial charge in [-0.05, 0) is 47.0 Å². The third kappa shape index (κ3) is 3.58. The van der Waals surface area contributed by atoms with E-state index in [1.165, 1.54) is 30.3 Å². The Bertz CT molecular complexity index is 896. The zero-order valence-electron chi connectivity index (χ0n) is 12.8. The van der Waals surface area contributed by atoms with Crippen LogP contribution in [0.3, 0.4) is 0 Å². The summed E-state index contributed by atoms with van der Waals surface area (Å²) >= 11 is 0. The van der Waals surface area contributed by atoms with Gasteiger partial charge in [-0.15, -0.1) is 0 Å². The minimum Gasteiger partial charge on any atom is -0.508 e. The molecule has 1 N–H and O–H groups in total. The summed E-state index contributed by atoms with van der Waals surface area (Å²) in [6.45, 7) is 0. The largest absolute Gasteiger partial charge is 0.508 e. The van der Waals surface area contributed by atoms with Crippen molar-refractivity contribution in [3.8, 4) is 16.9 Å². The second kappa shape index (κ2) is 6.92. The van der Waals surface area contributed by atoms with Gasteiger partial charge in [-0.3, -0.25) is 4.79 Å². The van der Waals surface area contributed by atoms with Crippen LogP contribution in [0.4, 0.5) is 4.39 Å². The lowest BCUT2D eigenvalue weighted by Crippen LogP contribution is -1.93. The molecule has 0 spiro atoms. The fraction of sp³-hybridized carbons (Fsp3) is 0. The quantitative estimate of drug-likeness (QED) is 0.537. The van der Waals surface area contributed by atoms with Gasteiger partial charge in [-0.2, -0.15) is 0 Å². The molecule has 0 amide bonds. The number of allylic oxidation sites excluding steroid dienone is 1. The smallest absolute Gasteiger partial charge is 0.185 e. The third-order valence-electron chi connectivity index (χ3n) is 3.66. The topological polar surface area (TPSA) is 37.3 Å². The normalized spacial score (nSPS) is 10.9. The Morgan fingerprint density at radius 1 is 0.917 bits per heavy atom. The van der Waals surface area contributed by atoms with Gasteiger partial charge in [0.15, 0.2) is 5.78 Å². The van der Waals surface area contributed by atoms with Gasteiger partial charge in [-0.25, -0.2) is 4.39 Å². The van der Waals surface area contributed by atoms with Crippen molar-refractivity contribution in [3.05, 3.63) is 95.8 Å². The van der Waals surface area contributed by atoms with Crippen LogP contribution < -0.4 is 0 Å². The van der Waals surface area contributed by atoms with Gasteiger partial charge in [0, 0.05) is 5.56 Å².